The number of amides is 1. The first-order valence-corrected chi connectivity index (χ1v) is 6.57. The van der Waals surface area contributed by atoms with Crippen LogP contribution in [0.15, 0.2) is 50.6 Å². The van der Waals surface area contributed by atoms with E-state index in [4.69, 9.17) is 4.42 Å². The van der Waals surface area contributed by atoms with E-state index >= 15 is 0 Å². The summed E-state index contributed by atoms with van der Waals surface area (Å²) in [5.41, 5.74) is 1.57. The maximum Gasteiger partial charge on any atom is 0.255 e. The van der Waals surface area contributed by atoms with Gasteiger partial charge >= 0.3 is 0 Å². The Morgan fingerprint density at radius 3 is 2.89 bits per heavy atom. The molecule has 0 fully saturated rings. The SMILES string of the molecule is CN(Cc1ccoc1)C(=O)c1cc(S)ccc1Br. The Morgan fingerprint density at radius 2 is 2.22 bits per heavy atom. The van der Waals surface area contributed by atoms with Crippen molar-refractivity contribution in [3.05, 3.63) is 52.4 Å². The van der Waals surface area contributed by atoms with E-state index < -0.39 is 0 Å². The summed E-state index contributed by atoms with van der Waals surface area (Å²) < 4.78 is 5.75. The highest BCUT2D eigenvalue weighted by atomic mass is 79.9. The smallest absolute Gasteiger partial charge is 0.255 e. The van der Waals surface area contributed by atoms with Gasteiger partial charge < -0.3 is 9.32 Å². The molecule has 0 saturated heterocycles. The Labute approximate surface area is 119 Å². The lowest BCUT2D eigenvalue weighted by Gasteiger charge is -2.17. The van der Waals surface area contributed by atoms with Crippen molar-refractivity contribution in [2.24, 2.45) is 0 Å². The lowest BCUT2D eigenvalue weighted by molar-refractivity contribution is 0.0784. The molecule has 1 aromatic carbocycles. The Bertz CT molecular complexity index is 554. The maximum atomic E-state index is 12.3. The van der Waals surface area contributed by atoms with Gasteiger partial charge in [-0.25, -0.2) is 0 Å². The van der Waals surface area contributed by atoms with Crippen molar-refractivity contribution in [2.75, 3.05) is 7.05 Å². The van der Waals surface area contributed by atoms with Gasteiger partial charge in [0.1, 0.15) is 0 Å². The highest BCUT2D eigenvalue weighted by molar-refractivity contribution is 9.10. The normalized spacial score (nSPS) is 10.4. The van der Waals surface area contributed by atoms with Crippen LogP contribution in [-0.4, -0.2) is 17.9 Å². The fraction of sp³-hybridized carbons (Fsp3) is 0.154. The number of halogens is 1. The molecule has 0 spiro atoms. The molecule has 0 aliphatic rings. The second kappa shape index (κ2) is 5.63. The molecule has 0 saturated carbocycles. The van der Waals surface area contributed by atoms with Crippen LogP contribution in [0.1, 0.15) is 15.9 Å². The van der Waals surface area contributed by atoms with Crippen LogP contribution in [0.2, 0.25) is 0 Å². The van der Waals surface area contributed by atoms with Crippen molar-refractivity contribution in [2.45, 2.75) is 11.4 Å². The summed E-state index contributed by atoms with van der Waals surface area (Å²) in [6.45, 7) is 0.512. The summed E-state index contributed by atoms with van der Waals surface area (Å²) in [6.07, 6.45) is 3.23. The van der Waals surface area contributed by atoms with E-state index in [0.29, 0.717) is 12.1 Å². The minimum absolute atomic E-state index is 0.0565. The first kappa shape index (κ1) is 13.2. The minimum Gasteiger partial charge on any atom is -0.472 e. The lowest BCUT2D eigenvalue weighted by atomic mass is 10.2. The van der Waals surface area contributed by atoms with Crippen molar-refractivity contribution in [3.63, 3.8) is 0 Å². The van der Waals surface area contributed by atoms with Crippen LogP contribution in [0, 0.1) is 0 Å². The molecule has 0 bridgehead atoms. The highest BCUT2D eigenvalue weighted by Crippen LogP contribution is 2.22. The third kappa shape index (κ3) is 2.97. The first-order valence-electron chi connectivity index (χ1n) is 5.33. The molecular formula is C13H12BrNO2S. The number of hydrogen-bond acceptors (Lipinski definition) is 3. The van der Waals surface area contributed by atoms with Crippen molar-refractivity contribution < 1.29 is 9.21 Å². The average Bonchev–Trinajstić information content (AvgIpc) is 2.84. The second-order valence-corrected chi connectivity index (χ2v) is 5.33. The number of carbonyl (C=O) groups excluding carboxylic acids is 1. The third-order valence-corrected chi connectivity index (χ3v) is 3.50. The fourth-order valence-electron chi connectivity index (χ4n) is 1.61. The molecule has 0 aliphatic heterocycles. The molecule has 0 atom stereocenters. The molecular weight excluding hydrogens is 314 g/mol. The monoisotopic (exact) mass is 325 g/mol. The number of furan rings is 1. The van der Waals surface area contributed by atoms with Gasteiger partial charge in [0.2, 0.25) is 0 Å². The van der Waals surface area contributed by atoms with Crippen LogP contribution >= 0.6 is 28.6 Å². The van der Waals surface area contributed by atoms with E-state index in [-0.39, 0.29) is 5.91 Å². The van der Waals surface area contributed by atoms with Gasteiger partial charge in [0.05, 0.1) is 18.1 Å². The largest absolute Gasteiger partial charge is 0.472 e. The van der Waals surface area contributed by atoms with E-state index in [0.717, 1.165) is 14.9 Å². The van der Waals surface area contributed by atoms with E-state index in [1.165, 1.54) is 0 Å². The van der Waals surface area contributed by atoms with Gasteiger partial charge in [0.15, 0.2) is 0 Å². The zero-order valence-electron chi connectivity index (χ0n) is 9.76. The number of benzene rings is 1. The third-order valence-electron chi connectivity index (χ3n) is 2.53. The van der Waals surface area contributed by atoms with E-state index in [9.17, 15) is 4.79 Å². The van der Waals surface area contributed by atoms with Crippen LogP contribution in [0.5, 0.6) is 0 Å². The molecule has 0 unspecified atom stereocenters. The zero-order chi connectivity index (χ0) is 13.1. The van der Waals surface area contributed by atoms with Crippen molar-refractivity contribution >= 4 is 34.5 Å². The summed E-state index contributed by atoms with van der Waals surface area (Å²) in [7, 11) is 1.76. The van der Waals surface area contributed by atoms with Gasteiger partial charge in [-0.05, 0) is 40.2 Å². The summed E-state index contributed by atoms with van der Waals surface area (Å²) >= 11 is 7.62. The van der Waals surface area contributed by atoms with Crippen molar-refractivity contribution in [1.82, 2.24) is 4.90 Å². The number of thiol groups is 1. The van der Waals surface area contributed by atoms with Crippen molar-refractivity contribution in [3.8, 4) is 0 Å². The van der Waals surface area contributed by atoms with Crippen molar-refractivity contribution in [1.29, 1.82) is 0 Å². The molecule has 1 aromatic heterocycles. The molecule has 3 nitrogen and oxygen atoms in total. The summed E-state index contributed by atoms with van der Waals surface area (Å²) in [5.74, 6) is -0.0565. The predicted octanol–water partition coefficient (Wildman–Crippen LogP) is 3.60. The highest BCUT2D eigenvalue weighted by Gasteiger charge is 2.15. The van der Waals surface area contributed by atoms with Gasteiger partial charge in [-0.2, -0.15) is 0 Å². The molecule has 94 valence electrons. The van der Waals surface area contributed by atoms with Gasteiger partial charge in [-0.1, -0.05) is 0 Å². The Balaban J connectivity index is 2.17. The van der Waals surface area contributed by atoms with Crippen LogP contribution in [0.4, 0.5) is 0 Å². The molecule has 2 rings (SSSR count). The molecule has 5 heteroatoms. The van der Waals surface area contributed by atoms with Gasteiger partial charge in [-0.3, -0.25) is 4.79 Å². The fourth-order valence-corrected chi connectivity index (χ4v) is 2.23. The van der Waals surface area contributed by atoms with Gasteiger partial charge in [0.25, 0.3) is 5.91 Å². The molecule has 0 radical (unpaired) electrons. The standard InChI is InChI=1S/C13H12BrNO2S/c1-15(7-9-4-5-17-8-9)13(16)11-6-10(18)2-3-12(11)14/h2-6,8,18H,7H2,1H3. The van der Waals surface area contributed by atoms with Crippen LogP contribution in [-0.2, 0) is 6.54 Å². The topological polar surface area (TPSA) is 33.5 Å². The quantitative estimate of drug-likeness (QED) is 0.875. The molecule has 2 aromatic rings. The molecule has 1 heterocycles. The van der Waals surface area contributed by atoms with Gasteiger partial charge in [-0.15, -0.1) is 12.6 Å². The van der Waals surface area contributed by atoms with E-state index in [1.807, 2.05) is 18.2 Å². The Kier molecular flexibility index (Phi) is 4.14. The molecule has 0 N–H and O–H groups in total. The number of hydrogen-bond donors (Lipinski definition) is 1. The predicted molar refractivity (Wildman–Crippen MR) is 75.9 cm³/mol. The van der Waals surface area contributed by atoms with Crippen LogP contribution in [0.3, 0.4) is 0 Å². The summed E-state index contributed by atoms with van der Waals surface area (Å²) in [6, 6.07) is 7.25. The van der Waals surface area contributed by atoms with E-state index in [2.05, 4.69) is 28.6 Å². The molecule has 1 amide bonds. The number of carbonyl (C=O) groups is 1. The lowest BCUT2D eigenvalue weighted by Crippen LogP contribution is -2.26. The van der Waals surface area contributed by atoms with Gasteiger partial charge in [0, 0.05) is 28.5 Å². The number of nitrogens with zero attached hydrogens (tertiary/aromatic N) is 1. The number of rotatable bonds is 3. The van der Waals surface area contributed by atoms with Crippen LogP contribution < -0.4 is 0 Å². The maximum absolute atomic E-state index is 12.3. The minimum atomic E-state index is -0.0565. The Morgan fingerprint density at radius 1 is 1.44 bits per heavy atom. The second-order valence-electron chi connectivity index (χ2n) is 3.96. The zero-order valence-corrected chi connectivity index (χ0v) is 12.2. The first-order chi connectivity index (χ1) is 8.58. The van der Waals surface area contributed by atoms with Crippen LogP contribution in [0.25, 0.3) is 0 Å². The Hall–Kier alpha value is -1.20. The average molecular weight is 326 g/mol. The summed E-state index contributed by atoms with van der Waals surface area (Å²) in [5, 5.41) is 0. The molecule has 0 aliphatic carbocycles. The summed E-state index contributed by atoms with van der Waals surface area (Å²) in [4.78, 5) is 14.7. The molecule has 18 heavy (non-hydrogen) atoms. The van der Waals surface area contributed by atoms with E-state index in [1.54, 1.807) is 30.5 Å².